The first-order chi connectivity index (χ1) is 7.15. The van der Waals surface area contributed by atoms with Crippen molar-refractivity contribution in [3.8, 4) is 0 Å². The minimum atomic E-state index is -0.841. The summed E-state index contributed by atoms with van der Waals surface area (Å²) in [7, 11) is 1.63. The molecule has 0 aromatic rings. The van der Waals surface area contributed by atoms with Crippen LogP contribution in [-0.4, -0.2) is 47.8 Å². The molecule has 0 aromatic heterocycles. The Morgan fingerprint density at radius 2 is 2.13 bits per heavy atom. The van der Waals surface area contributed by atoms with E-state index in [4.69, 9.17) is 14.6 Å². The van der Waals surface area contributed by atoms with Crippen molar-refractivity contribution < 1.29 is 19.7 Å². The minimum absolute atomic E-state index is 0.107. The molecular formula is C11H22O4. The Kier molecular flexibility index (Phi) is 4.52. The molecule has 90 valence electrons. The lowest BCUT2D eigenvalue weighted by atomic mass is 9.78. The summed E-state index contributed by atoms with van der Waals surface area (Å²) in [5.74, 6) is 0. The van der Waals surface area contributed by atoms with Crippen LogP contribution in [0.2, 0.25) is 0 Å². The number of hydrogen-bond donors (Lipinski definition) is 2. The number of aliphatic hydroxyl groups is 2. The van der Waals surface area contributed by atoms with Crippen molar-refractivity contribution in [3.63, 3.8) is 0 Å². The first-order valence-corrected chi connectivity index (χ1v) is 5.64. The van der Waals surface area contributed by atoms with Gasteiger partial charge in [0, 0.05) is 7.11 Å². The fourth-order valence-corrected chi connectivity index (χ4v) is 2.45. The minimum Gasteiger partial charge on any atom is -0.394 e. The maximum absolute atomic E-state index is 9.52. The van der Waals surface area contributed by atoms with E-state index in [0.717, 1.165) is 19.3 Å². The van der Waals surface area contributed by atoms with Gasteiger partial charge in [-0.25, -0.2) is 0 Å². The van der Waals surface area contributed by atoms with Crippen LogP contribution in [-0.2, 0) is 9.47 Å². The first kappa shape index (κ1) is 12.9. The number of rotatable bonds is 6. The fraction of sp³-hybridized carbons (Fsp3) is 1.00. The fourth-order valence-electron chi connectivity index (χ4n) is 2.45. The maximum atomic E-state index is 9.52. The van der Waals surface area contributed by atoms with Crippen LogP contribution in [0.25, 0.3) is 0 Å². The summed E-state index contributed by atoms with van der Waals surface area (Å²) < 4.78 is 11.1. The first-order valence-electron chi connectivity index (χ1n) is 5.64. The van der Waals surface area contributed by atoms with Crippen LogP contribution in [0, 0.1) is 0 Å². The highest BCUT2D eigenvalue weighted by Gasteiger charge is 2.56. The predicted molar refractivity (Wildman–Crippen MR) is 56.7 cm³/mol. The predicted octanol–water partition coefficient (Wildman–Crippen LogP) is 0.702. The van der Waals surface area contributed by atoms with Crippen molar-refractivity contribution in [3.05, 3.63) is 0 Å². The second-order valence-electron chi connectivity index (χ2n) is 4.16. The zero-order valence-corrected chi connectivity index (χ0v) is 9.77. The standard InChI is InChI=1S/C11H22O4/c1-4-6-11(5-2)10(14-3)9(15-11)8(13)7-12/h8-10,12-13H,4-7H2,1-3H3. The van der Waals surface area contributed by atoms with E-state index < -0.39 is 6.10 Å². The van der Waals surface area contributed by atoms with Crippen LogP contribution in [0.1, 0.15) is 33.1 Å². The Labute approximate surface area is 91.2 Å². The van der Waals surface area contributed by atoms with E-state index in [1.807, 2.05) is 0 Å². The third-order valence-electron chi connectivity index (χ3n) is 3.28. The van der Waals surface area contributed by atoms with Gasteiger partial charge in [0.2, 0.25) is 0 Å². The lowest BCUT2D eigenvalue weighted by Gasteiger charge is -2.55. The molecule has 4 heteroatoms. The SMILES string of the molecule is CCCC1(CC)OC(C(O)CO)C1OC. The van der Waals surface area contributed by atoms with Crippen LogP contribution in [0.3, 0.4) is 0 Å². The molecule has 1 fully saturated rings. The average molecular weight is 218 g/mol. The van der Waals surface area contributed by atoms with Gasteiger partial charge in [-0.15, -0.1) is 0 Å². The van der Waals surface area contributed by atoms with E-state index in [-0.39, 0.29) is 24.4 Å². The van der Waals surface area contributed by atoms with E-state index in [2.05, 4.69) is 13.8 Å². The summed E-state index contributed by atoms with van der Waals surface area (Å²) in [6.07, 6.45) is 1.49. The third kappa shape index (κ3) is 2.18. The van der Waals surface area contributed by atoms with Gasteiger partial charge in [0.1, 0.15) is 18.3 Å². The Hall–Kier alpha value is -0.160. The largest absolute Gasteiger partial charge is 0.394 e. The lowest BCUT2D eigenvalue weighted by Crippen LogP contribution is -2.68. The number of methoxy groups -OCH3 is 1. The molecule has 15 heavy (non-hydrogen) atoms. The van der Waals surface area contributed by atoms with Gasteiger partial charge in [-0.3, -0.25) is 0 Å². The monoisotopic (exact) mass is 218 g/mol. The van der Waals surface area contributed by atoms with Crippen LogP contribution >= 0.6 is 0 Å². The molecule has 0 aliphatic carbocycles. The zero-order valence-electron chi connectivity index (χ0n) is 9.77. The molecule has 1 rings (SSSR count). The smallest absolute Gasteiger partial charge is 0.115 e. The van der Waals surface area contributed by atoms with E-state index in [9.17, 15) is 5.11 Å². The van der Waals surface area contributed by atoms with Crippen LogP contribution in [0.4, 0.5) is 0 Å². The summed E-state index contributed by atoms with van der Waals surface area (Å²) in [4.78, 5) is 0. The maximum Gasteiger partial charge on any atom is 0.115 e. The summed E-state index contributed by atoms with van der Waals surface area (Å²) in [6.45, 7) is 3.88. The molecule has 1 aliphatic rings. The molecule has 0 aromatic carbocycles. The summed E-state index contributed by atoms with van der Waals surface area (Å²) in [5, 5.41) is 18.4. The molecule has 4 atom stereocenters. The molecule has 0 amide bonds. The molecule has 0 saturated carbocycles. The molecule has 1 saturated heterocycles. The van der Waals surface area contributed by atoms with Crippen molar-refractivity contribution in [2.24, 2.45) is 0 Å². The Balaban J connectivity index is 2.64. The molecular weight excluding hydrogens is 196 g/mol. The van der Waals surface area contributed by atoms with Crippen LogP contribution < -0.4 is 0 Å². The molecule has 2 N–H and O–H groups in total. The third-order valence-corrected chi connectivity index (χ3v) is 3.28. The van der Waals surface area contributed by atoms with Gasteiger partial charge in [-0.2, -0.15) is 0 Å². The van der Waals surface area contributed by atoms with Crippen molar-refractivity contribution in [1.29, 1.82) is 0 Å². The van der Waals surface area contributed by atoms with E-state index in [1.165, 1.54) is 0 Å². The molecule has 0 radical (unpaired) electrons. The normalized spacial score (nSPS) is 37.4. The molecule has 0 spiro atoms. The summed E-state index contributed by atoms with van der Waals surface area (Å²) >= 11 is 0. The number of hydrogen-bond acceptors (Lipinski definition) is 4. The summed E-state index contributed by atoms with van der Waals surface area (Å²) in [6, 6.07) is 0. The highest BCUT2D eigenvalue weighted by Crippen LogP contribution is 2.42. The Morgan fingerprint density at radius 3 is 2.53 bits per heavy atom. The number of ether oxygens (including phenoxy) is 2. The van der Waals surface area contributed by atoms with Gasteiger partial charge in [0.05, 0.1) is 12.2 Å². The van der Waals surface area contributed by atoms with Gasteiger partial charge in [-0.1, -0.05) is 20.3 Å². The van der Waals surface area contributed by atoms with Gasteiger partial charge in [0.15, 0.2) is 0 Å². The Bertz CT molecular complexity index is 197. The second kappa shape index (κ2) is 5.25. The van der Waals surface area contributed by atoms with Crippen molar-refractivity contribution in [1.82, 2.24) is 0 Å². The van der Waals surface area contributed by atoms with Gasteiger partial charge in [-0.05, 0) is 12.8 Å². The van der Waals surface area contributed by atoms with E-state index >= 15 is 0 Å². The lowest BCUT2D eigenvalue weighted by molar-refractivity contribution is -0.324. The van der Waals surface area contributed by atoms with Gasteiger partial charge >= 0.3 is 0 Å². The molecule has 0 bridgehead atoms. The van der Waals surface area contributed by atoms with Crippen LogP contribution in [0.5, 0.6) is 0 Å². The van der Waals surface area contributed by atoms with Gasteiger partial charge < -0.3 is 19.7 Å². The highest BCUT2D eigenvalue weighted by molar-refractivity contribution is 5.04. The Morgan fingerprint density at radius 1 is 1.47 bits per heavy atom. The van der Waals surface area contributed by atoms with Gasteiger partial charge in [0.25, 0.3) is 0 Å². The van der Waals surface area contributed by atoms with E-state index in [0.29, 0.717) is 0 Å². The molecule has 4 nitrogen and oxygen atoms in total. The molecule has 4 unspecified atom stereocenters. The summed E-state index contributed by atoms with van der Waals surface area (Å²) in [5.41, 5.74) is -0.260. The van der Waals surface area contributed by atoms with Crippen molar-refractivity contribution >= 4 is 0 Å². The molecule has 1 heterocycles. The van der Waals surface area contributed by atoms with Crippen molar-refractivity contribution in [2.45, 2.75) is 57.0 Å². The quantitative estimate of drug-likeness (QED) is 0.689. The topological polar surface area (TPSA) is 58.9 Å². The second-order valence-corrected chi connectivity index (χ2v) is 4.16. The van der Waals surface area contributed by atoms with Crippen molar-refractivity contribution in [2.75, 3.05) is 13.7 Å². The van der Waals surface area contributed by atoms with Crippen LogP contribution in [0.15, 0.2) is 0 Å². The number of aliphatic hydroxyl groups excluding tert-OH is 2. The van der Waals surface area contributed by atoms with E-state index in [1.54, 1.807) is 7.11 Å². The molecule has 1 aliphatic heterocycles. The average Bonchev–Trinajstić information content (AvgIpc) is 2.23. The zero-order chi connectivity index (χ0) is 11.5. The highest BCUT2D eigenvalue weighted by atomic mass is 16.6.